The molecule has 1 atom stereocenters. The van der Waals surface area contributed by atoms with Crippen LogP contribution in [0.25, 0.3) is 0 Å². The van der Waals surface area contributed by atoms with E-state index < -0.39 is 6.10 Å². The molecular formula is C75H132O6. The molecule has 6 nitrogen and oxygen atoms in total. The largest absolute Gasteiger partial charge is 0.462 e. The molecule has 0 aliphatic heterocycles. The number of carbonyl (C=O) groups is 3. The zero-order valence-electron chi connectivity index (χ0n) is 53.8. The summed E-state index contributed by atoms with van der Waals surface area (Å²) in [5, 5.41) is 0. The van der Waals surface area contributed by atoms with Crippen LogP contribution in [0.3, 0.4) is 0 Å². The summed E-state index contributed by atoms with van der Waals surface area (Å²) in [6.45, 7) is 6.54. The van der Waals surface area contributed by atoms with E-state index in [9.17, 15) is 14.4 Å². The van der Waals surface area contributed by atoms with Crippen molar-refractivity contribution in [3.8, 4) is 0 Å². The monoisotopic (exact) mass is 1130 g/mol. The standard InChI is InChI=1S/C75H132O6/c1-4-7-10-13-16-19-22-25-28-30-32-34-35-36-37-38-39-41-42-44-47-50-53-56-59-62-65-68-74(77)80-71-72(70-79-73(76)67-64-61-58-55-52-49-46-27-24-21-18-15-12-9-6-3)81-75(78)69-66-63-60-57-54-51-48-45-43-40-33-31-29-26-23-20-17-14-11-8-5-2/h9,12,18,21-22,25,27,30-33,35-36,46,72H,4-8,10-11,13-17,19-20,23-24,26,28-29,34,37-45,47-71H2,1-3H3/b12-9-,21-18-,25-22-,32-30-,33-31-,36-35-,46-27-. The molecule has 0 saturated carbocycles. The Labute approximate surface area is 503 Å². The van der Waals surface area contributed by atoms with Gasteiger partial charge in [-0.05, 0) is 116 Å². The first-order valence-electron chi connectivity index (χ1n) is 35.1. The fourth-order valence-corrected chi connectivity index (χ4v) is 10.1. The van der Waals surface area contributed by atoms with Gasteiger partial charge < -0.3 is 14.2 Å². The topological polar surface area (TPSA) is 78.9 Å². The van der Waals surface area contributed by atoms with Gasteiger partial charge in [-0.15, -0.1) is 0 Å². The molecule has 0 spiro atoms. The van der Waals surface area contributed by atoms with Gasteiger partial charge in [-0.1, -0.05) is 305 Å². The molecule has 81 heavy (non-hydrogen) atoms. The maximum Gasteiger partial charge on any atom is 0.306 e. The second-order valence-corrected chi connectivity index (χ2v) is 23.4. The van der Waals surface area contributed by atoms with Crippen molar-refractivity contribution in [2.75, 3.05) is 13.2 Å². The molecule has 0 aromatic rings. The minimum Gasteiger partial charge on any atom is -0.462 e. The summed E-state index contributed by atoms with van der Waals surface area (Å²) >= 11 is 0. The second-order valence-electron chi connectivity index (χ2n) is 23.4. The number of hydrogen-bond donors (Lipinski definition) is 0. The van der Waals surface area contributed by atoms with E-state index in [1.807, 2.05) is 0 Å². The number of hydrogen-bond acceptors (Lipinski definition) is 6. The lowest BCUT2D eigenvalue weighted by molar-refractivity contribution is -0.167. The van der Waals surface area contributed by atoms with Crippen molar-refractivity contribution in [2.24, 2.45) is 0 Å². The number of unbranched alkanes of at least 4 members (excludes halogenated alkanes) is 39. The maximum atomic E-state index is 13.0. The Morgan fingerprint density at radius 3 is 0.765 bits per heavy atom. The molecule has 1 unspecified atom stereocenters. The molecule has 0 fully saturated rings. The average Bonchev–Trinajstić information content (AvgIpc) is 3.47. The number of ether oxygens (including phenoxy) is 3. The molecule has 0 rings (SSSR count). The fourth-order valence-electron chi connectivity index (χ4n) is 10.1. The molecule has 0 aromatic carbocycles. The smallest absolute Gasteiger partial charge is 0.306 e. The molecular weight excluding hydrogens is 997 g/mol. The van der Waals surface area contributed by atoms with Crippen LogP contribution in [0.1, 0.15) is 355 Å². The lowest BCUT2D eigenvalue weighted by Crippen LogP contribution is -2.30. The third kappa shape index (κ3) is 67.3. The Hall–Kier alpha value is -3.41. The van der Waals surface area contributed by atoms with Gasteiger partial charge in [0.2, 0.25) is 0 Å². The number of rotatable bonds is 64. The van der Waals surface area contributed by atoms with Gasteiger partial charge in [0.1, 0.15) is 13.2 Å². The first kappa shape index (κ1) is 77.6. The minimum atomic E-state index is -0.788. The molecule has 0 aliphatic carbocycles. The minimum absolute atomic E-state index is 0.0822. The van der Waals surface area contributed by atoms with Crippen LogP contribution in [0.15, 0.2) is 85.1 Å². The Balaban J connectivity index is 4.31. The third-order valence-corrected chi connectivity index (χ3v) is 15.4. The molecule has 0 aromatic heterocycles. The van der Waals surface area contributed by atoms with Gasteiger partial charge in [0, 0.05) is 19.3 Å². The molecule has 0 heterocycles. The molecule has 468 valence electrons. The highest BCUT2D eigenvalue weighted by atomic mass is 16.6. The van der Waals surface area contributed by atoms with Crippen molar-refractivity contribution in [1.29, 1.82) is 0 Å². The van der Waals surface area contributed by atoms with Crippen LogP contribution < -0.4 is 0 Å². The van der Waals surface area contributed by atoms with Crippen molar-refractivity contribution in [1.82, 2.24) is 0 Å². The zero-order valence-corrected chi connectivity index (χ0v) is 53.8. The summed E-state index contributed by atoms with van der Waals surface area (Å²) in [7, 11) is 0. The molecule has 0 N–H and O–H groups in total. The third-order valence-electron chi connectivity index (χ3n) is 15.4. The highest BCUT2D eigenvalue weighted by molar-refractivity contribution is 5.71. The molecule has 6 heteroatoms. The normalized spacial score (nSPS) is 12.6. The van der Waals surface area contributed by atoms with Crippen LogP contribution in [0.5, 0.6) is 0 Å². The first-order valence-corrected chi connectivity index (χ1v) is 35.1. The number of esters is 3. The van der Waals surface area contributed by atoms with E-state index in [4.69, 9.17) is 14.2 Å². The first-order chi connectivity index (χ1) is 40.0. The Morgan fingerprint density at radius 2 is 0.481 bits per heavy atom. The van der Waals surface area contributed by atoms with E-state index >= 15 is 0 Å². The summed E-state index contributed by atoms with van der Waals surface area (Å²) in [6.07, 6.45) is 91.8. The van der Waals surface area contributed by atoms with E-state index in [0.29, 0.717) is 19.3 Å². The summed E-state index contributed by atoms with van der Waals surface area (Å²) in [5.74, 6) is -0.887. The lowest BCUT2D eigenvalue weighted by Gasteiger charge is -2.18. The van der Waals surface area contributed by atoms with Crippen LogP contribution in [0, 0.1) is 0 Å². The molecule has 0 radical (unpaired) electrons. The van der Waals surface area contributed by atoms with E-state index in [1.54, 1.807) is 0 Å². The van der Waals surface area contributed by atoms with Crippen LogP contribution in [0.4, 0.5) is 0 Å². The Morgan fingerprint density at radius 1 is 0.259 bits per heavy atom. The van der Waals surface area contributed by atoms with E-state index in [-0.39, 0.29) is 31.1 Å². The SMILES string of the molecule is CC/C=C\C/C=C\C/C=C\CCCCCCCC(=O)OCC(COC(=O)CCCCCCCCCCCCCC/C=C\C/C=C\C/C=C\CCCCCCC)OC(=O)CCCCCCCCCCC/C=C\CCCCCCCCCC. The Bertz CT molecular complexity index is 1530. The zero-order chi connectivity index (χ0) is 58.5. The van der Waals surface area contributed by atoms with Crippen molar-refractivity contribution in [3.05, 3.63) is 85.1 Å². The number of allylic oxidation sites excluding steroid dienone is 14. The quantitative estimate of drug-likeness (QED) is 0.0261. The maximum absolute atomic E-state index is 13.0. The number of carbonyl (C=O) groups excluding carboxylic acids is 3. The molecule has 0 saturated heterocycles. The van der Waals surface area contributed by atoms with Gasteiger partial charge >= 0.3 is 17.9 Å². The van der Waals surface area contributed by atoms with Crippen molar-refractivity contribution >= 4 is 17.9 Å². The van der Waals surface area contributed by atoms with Crippen molar-refractivity contribution in [3.63, 3.8) is 0 Å². The van der Waals surface area contributed by atoms with Gasteiger partial charge in [-0.2, -0.15) is 0 Å². The van der Waals surface area contributed by atoms with Crippen LogP contribution in [-0.4, -0.2) is 37.2 Å². The van der Waals surface area contributed by atoms with Crippen LogP contribution in [-0.2, 0) is 28.6 Å². The van der Waals surface area contributed by atoms with Crippen molar-refractivity contribution < 1.29 is 28.6 Å². The molecule has 0 amide bonds. The fraction of sp³-hybridized carbons (Fsp3) is 0.773. The van der Waals surface area contributed by atoms with E-state index in [2.05, 4.69) is 106 Å². The van der Waals surface area contributed by atoms with Gasteiger partial charge in [-0.25, -0.2) is 0 Å². The summed E-state index contributed by atoms with van der Waals surface area (Å²) in [5.41, 5.74) is 0. The van der Waals surface area contributed by atoms with Gasteiger partial charge in [0.05, 0.1) is 0 Å². The highest BCUT2D eigenvalue weighted by Crippen LogP contribution is 2.17. The summed E-state index contributed by atoms with van der Waals surface area (Å²) < 4.78 is 17.0. The predicted octanol–water partition coefficient (Wildman–Crippen LogP) is 24.2. The van der Waals surface area contributed by atoms with Gasteiger partial charge in [-0.3, -0.25) is 14.4 Å². The Kier molecular flexibility index (Phi) is 66.2. The van der Waals surface area contributed by atoms with Crippen molar-refractivity contribution in [2.45, 2.75) is 361 Å². The van der Waals surface area contributed by atoms with Crippen LogP contribution >= 0.6 is 0 Å². The lowest BCUT2D eigenvalue weighted by atomic mass is 10.0. The predicted molar refractivity (Wildman–Crippen MR) is 353 cm³/mol. The van der Waals surface area contributed by atoms with E-state index in [0.717, 1.165) is 109 Å². The van der Waals surface area contributed by atoms with Crippen LogP contribution in [0.2, 0.25) is 0 Å². The summed E-state index contributed by atoms with van der Waals surface area (Å²) in [6, 6.07) is 0. The molecule has 0 bridgehead atoms. The average molecular weight is 1130 g/mol. The van der Waals surface area contributed by atoms with Gasteiger partial charge in [0.25, 0.3) is 0 Å². The summed E-state index contributed by atoms with van der Waals surface area (Å²) in [4.78, 5) is 38.4. The van der Waals surface area contributed by atoms with Gasteiger partial charge in [0.15, 0.2) is 6.10 Å². The molecule has 0 aliphatic rings. The highest BCUT2D eigenvalue weighted by Gasteiger charge is 2.19. The second kappa shape index (κ2) is 69.1. The van der Waals surface area contributed by atoms with E-state index in [1.165, 1.54) is 205 Å².